The van der Waals surface area contributed by atoms with Crippen molar-refractivity contribution in [1.29, 1.82) is 0 Å². The lowest BCUT2D eigenvalue weighted by molar-refractivity contribution is 0.0692. The molecule has 0 aliphatic carbocycles. The fourth-order valence-electron chi connectivity index (χ4n) is 1.65. The number of H-pyrrole nitrogens is 1. The third-order valence-corrected chi connectivity index (χ3v) is 3.92. The number of benzene rings is 1. The molecule has 0 unspecified atom stereocenters. The van der Waals surface area contributed by atoms with Crippen molar-refractivity contribution in [3.8, 4) is 5.75 Å². The Bertz CT molecular complexity index is 740. The molecule has 0 atom stereocenters. The van der Waals surface area contributed by atoms with Crippen molar-refractivity contribution in [2.45, 2.75) is 11.8 Å². The summed E-state index contributed by atoms with van der Waals surface area (Å²) in [6, 6.07) is 3.65. The van der Waals surface area contributed by atoms with E-state index in [-0.39, 0.29) is 28.5 Å². The molecule has 1 heterocycles. The Kier molecular flexibility index (Phi) is 4.13. The Balaban J connectivity index is 2.39. The van der Waals surface area contributed by atoms with E-state index in [1.165, 1.54) is 24.5 Å². The van der Waals surface area contributed by atoms with Gasteiger partial charge in [-0.3, -0.25) is 9.82 Å². The second-order valence-corrected chi connectivity index (χ2v) is 5.67. The van der Waals surface area contributed by atoms with Gasteiger partial charge in [-0.15, -0.1) is 0 Å². The Hall–Kier alpha value is -2.55. The number of anilines is 1. The van der Waals surface area contributed by atoms with Crippen LogP contribution in [0.1, 0.15) is 17.3 Å². The molecule has 1 aromatic heterocycles. The number of aromatic nitrogens is 2. The van der Waals surface area contributed by atoms with E-state index in [9.17, 15) is 13.2 Å². The van der Waals surface area contributed by atoms with E-state index in [0.29, 0.717) is 0 Å². The Labute approximate surface area is 120 Å². The first-order valence-electron chi connectivity index (χ1n) is 5.96. The van der Waals surface area contributed by atoms with Crippen LogP contribution in [0.3, 0.4) is 0 Å². The number of ether oxygens (including phenoxy) is 1. The van der Waals surface area contributed by atoms with Gasteiger partial charge in [-0.2, -0.15) is 5.10 Å². The minimum absolute atomic E-state index is 0.118. The number of sulfonamides is 1. The van der Waals surface area contributed by atoms with Gasteiger partial charge in [0.2, 0.25) is 0 Å². The second kappa shape index (κ2) is 5.83. The zero-order valence-electron chi connectivity index (χ0n) is 11.0. The average Bonchev–Trinajstić information content (AvgIpc) is 2.91. The minimum Gasteiger partial charge on any atom is -0.493 e. The molecule has 0 spiro atoms. The predicted octanol–water partition coefficient (Wildman–Crippen LogP) is 1.31. The SMILES string of the molecule is CCOc1ccc(S(=O)(=O)Nc2cn[nH]c2)cc1C(=O)O. The Morgan fingerprint density at radius 3 is 2.81 bits per heavy atom. The van der Waals surface area contributed by atoms with E-state index in [0.717, 1.165) is 6.07 Å². The molecule has 0 saturated heterocycles. The number of carbonyl (C=O) groups is 1. The van der Waals surface area contributed by atoms with Crippen molar-refractivity contribution in [3.05, 3.63) is 36.2 Å². The number of nitrogens with one attached hydrogen (secondary N) is 2. The van der Waals surface area contributed by atoms with Gasteiger partial charge in [-0.25, -0.2) is 13.2 Å². The number of aromatic amines is 1. The highest BCUT2D eigenvalue weighted by Crippen LogP contribution is 2.24. The third-order valence-electron chi connectivity index (χ3n) is 2.54. The van der Waals surface area contributed by atoms with Gasteiger partial charge in [0.15, 0.2) is 0 Å². The van der Waals surface area contributed by atoms with Gasteiger partial charge in [0, 0.05) is 6.20 Å². The van der Waals surface area contributed by atoms with Crippen LogP contribution in [0, 0.1) is 0 Å². The predicted molar refractivity (Wildman–Crippen MR) is 74.0 cm³/mol. The summed E-state index contributed by atoms with van der Waals surface area (Å²) >= 11 is 0. The zero-order chi connectivity index (χ0) is 15.5. The van der Waals surface area contributed by atoms with Gasteiger partial charge >= 0.3 is 5.97 Å². The largest absolute Gasteiger partial charge is 0.493 e. The van der Waals surface area contributed by atoms with E-state index in [2.05, 4.69) is 14.9 Å². The highest BCUT2D eigenvalue weighted by molar-refractivity contribution is 7.92. The Morgan fingerprint density at radius 2 is 2.24 bits per heavy atom. The quantitative estimate of drug-likeness (QED) is 0.739. The number of carboxylic acids is 1. The standard InChI is InChI=1S/C12H13N3O5S/c1-2-20-11-4-3-9(5-10(11)12(16)17)21(18,19)15-8-6-13-14-7-8/h3-7,15H,2H2,1H3,(H,13,14)(H,16,17). The molecule has 0 saturated carbocycles. The molecule has 1 aromatic carbocycles. The van der Waals surface area contributed by atoms with E-state index in [1.54, 1.807) is 6.92 Å². The van der Waals surface area contributed by atoms with Crippen LogP contribution in [-0.2, 0) is 10.0 Å². The smallest absolute Gasteiger partial charge is 0.339 e. The van der Waals surface area contributed by atoms with Crippen molar-refractivity contribution in [2.24, 2.45) is 0 Å². The Morgan fingerprint density at radius 1 is 1.48 bits per heavy atom. The lowest BCUT2D eigenvalue weighted by Gasteiger charge is -2.10. The van der Waals surface area contributed by atoms with Crippen LogP contribution in [-0.4, -0.2) is 36.3 Å². The lowest BCUT2D eigenvalue weighted by Crippen LogP contribution is -2.14. The molecule has 2 aromatic rings. The average molecular weight is 311 g/mol. The number of aromatic carboxylic acids is 1. The molecule has 0 radical (unpaired) electrons. The van der Waals surface area contributed by atoms with Crippen LogP contribution < -0.4 is 9.46 Å². The molecule has 0 amide bonds. The molecule has 0 fully saturated rings. The number of hydrogen-bond acceptors (Lipinski definition) is 5. The summed E-state index contributed by atoms with van der Waals surface area (Å²) in [5.74, 6) is -1.15. The molecule has 0 aliphatic heterocycles. The highest BCUT2D eigenvalue weighted by Gasteiger charge is 2.20. The second-order valence-electron chi connectivity index (χ2n) is 3.99. The van der Waals surface area contributed by atoms with Crippen molar-refractivity contribution < 1.29 is 23.1 Å². The van der Waals surface area contributed by atoms with Crippen LogP contribution >= 0.6 is 0 Å². The monoisotopic (exact) mass is 311 g/mol. The van der Waals surface area contributed by atoms with Gasteiger partial charge in [0.1, 0.15) is 11.3 Å². The highest BCUT2D eigenvalue weighted by atomic mass is 32.2. The lowest BCUT2D eigenvalue weighted by atomic mass is 10.2. The first-order chi connectivity index (χ1) is 9.94. The first-order valence-corrected chi connectivity index (χ1v) is 7.44. The molecule has 9 heteroatoms. The molecule has 8 nitrogen and oxygen atoms in total. The topological polar surface area (TPSA) is 121 Å². The van der Waals surface area contributed by atoms with E-state index in [4.69, 9.17) is 9.84 Å². The molecule has 112 valence electrons. The summed E-state index contributed by atoms with van der Waals surface area (Å²) < 4.78 is 31.8. The summed E-state index contributed by atoms with van der Waals surface area (Å²) in [6.45, 7) is 1.98. The van der Waals surface area contributed by atoms with E-state index >= 15 is 0 Å². The summed E-state index contributed by atoms with van der Waals surface area (Å²) in [5.41, 5.74) is 0.0349. The summed E-state index contributed by atoms with van der Waals surface area (Å²) in [5, 5.41) is 15.2. The van der Waals surface area contributed by atoms with Crippen molar-refractivity contribution >= 4 is 21.7 Å². The van der Waals surface area contributed by atoms with Gasteiger partial charge in [-0.05, 0) is 25.1 Å². The zero-order valence-corrected chi connectivity index (χ0v) is 11.8. The molecule has 0 aliphatic rings. The fourth-order valence-corrected chi connectivity index (χ4v) is 2.71. The van der Waals surface area contributed by atoms with Gasteiger partial charge in [-0.1, -0.05) is 0 Å². The first kappa shape index (κ1) is 14.9. The normalized spacial score (nSPS) is 11.1. The minimum atomic E-state index is -3.90. The molecule has 2 rings (SSSR count). The molecule has 0 bridgehead atoms. The maximum Gasteiger partial charge on any atom is 0.339 e. The molecule has 21 heavy (non-hydrogen) atoms. The summed E-state index contributed by atoms with van der Waals surface area (Å²) in [6.07, 6.45) is 2.66. The van der Waals surface area contributed by atoms with Crippen molar-refractivity contribution in [3.63, 3.8) is 0 Å². The van der Waals surface area contributed by atoms with Gasteiger partial charge < -0.3 is 9.84 Å². The number of nitrogens with zero attached hydrogens (tertiary/aromatic N) is 1. The fraction of sp³-hybridized carbons (Fsp3) is 0.167. The number of carboxylic acid groups (broad SMARTS) is 1. The van der Waals surface area contributed by atoms with Gasteiger partial charge in [0.05, 0.1) is 23.4 Å². The van der Waals surface area contributed by atoms with Crippen LogP contribution in [0.4, 0.5) is 5.69 Å². The van der Waals surface area contributed by atoms with Crippen LogP contribution in [0.5, 0.6) is 5.75 Å². The van der Waals surface area contributed by atoms with Crippen molar-refractivity contribution in [2.75, 3.05) is 11.3 Å². The van der Waals surface area contributed by atoms with Crippen molar-refractivity contribution in [1.82, 2.24) is 10.2 Å². The molecular weight excluding hydrogens is 298 g/mol. The van der Waals surface area contributed by atoms with Crippen LogP contribution in [0.15, 0.2) is 35.5 Å². The maximum atomic E-state index is 12.2. The van der Waals surface area contributed by atoms with Gasteiger partial charge in [0.25, 0.3) is 10.0 Å². The summed E-state index contributed by atoms with van der Waals surface area (Å²) in [4.78, 5) is 11.0. The van der Waals surface area contributed by atoms with Crippen LogP contribution in [0.2, 0.25) is 0 Å². The van der Waals surface area contributed by atoms with E-state index < -0.39 is 16.0 Å². The molecular formula is C12H13N3O5S. The summed E-state index contributed by atoms with van der Waals surface area (Å²) in [7, 11) is -3.90. The molecule has 3 N–H and O–H groups in total. The third kappa shape index (κ3) is 3.31. The van der Waals surface area contributed by atoms with E-state index in [1.807, 2.05) is 0 Å². The number of hydrogen-bond donors (Lipinski definition) is 3. The maximum absolute atomic E-state index is 12.2. The van der Waals surface area contributed by atoms with Crippen LogP contribution in [0.25, 0.3) is 0 Å². The number of rotatable bonds is 6.